The van der Waals surface area contributed by atoms with E-state index in [1.54, 1.807) is 23.1 Å². The molecule has 2 aliphatic rings. The van der Waals surface area contributed by atoms with Crippen molar-refractivity contribution >= 4 is 49.7 Å². The van der Waals surface area contributed by atoms with E-state index in [0.29, 0.717) is 64.4 Å². The molecular formula is C25H26BrFN8O2. The molecule has 1 saturated carbocycles. The Morgan fingerprint density at radius 3 is 3.08 bits per heavy atom. The van der Waals surface area contributed by atoms with Crippen LogP contribution in [0.1, 0.15) is 19.3 Å². The second-order valence-corrected chi connectivity index (χ2v) is 10.2. The molecule has 3 atom stereocenters. The van der Waals surface area contributed by atoms with Crippen LogP contribution in [0.25, 0.3) is 27.6 Å². The zero-order valence-electron chi connectivity index (χ0n) is 20.0. The molecule has 192 valence electrons. The van der Waals surface area contributed by atoms with E-state index in [1.807, 2.05) is 12.1 Å². The van der Waals surface area contributed by atoms with Gasteiger partial charge in [0.25, 0.3) is 0 Å². The predicted octanol–water partition coefficient (Wildman–Crippen LogP) is 2.95. The number of carbonyl (C=O) groups excluding carboxylic acids is 1. The van der Waals surface area contributed by atoms with E-state index in [9.17, 15) is 9.18 Å². The number of aromatic nitrogens is 5. The maximum atomic E-state index is 14.7. The van der Waals surface area contributed by atoms with Crippen molar-refractivity contribution in [1.29, 1.82) is 0 Å². The Bertz CT molecular complexity index is 1460. The molecule has 1 amide bonds. The van der Waals surface area contributed by atoms with Gasteiger partial charge in [0.15, 0.2) is 11.5 Å². The quantitative estimate of drug-likeness (QED) is 0.325. The van der Waals surface area contributed by atoms with Crippen molar-refractivity contribution in [1.82, 2.24) is 35.4 Å². The highest BCUT2D eigenvalue weighted by atomic mass is 79.9. The molecule has 0 radical (unpaired) electrons. The van der Waals surface area contributed by atoms with Crippen LogP contribution in [-0.4, -0.2) is 69.0 Å². The van der Waals surface area contributed by atoms with Crippen LogP contribution in [0.2, 0.25) is 0 Å². The van der Waals surface area contributed by atoms with Gasteiger partial charge in [-0.15, -0.1) is 0 Å². The monoisotopic (exact) mass is 568 g/mol. The Balaban J connectivity index is 1.17. The maximum Gasteiger partial charge on any atom is 0.224 e. The van der Waals surface area contributed by atoms with Gasteiger partial charge in [0.2, 0.25) is 11.9 Å². The predicted molar refractivity (Wildman–Crippen MR) is 140 cm³/mol. The summed E-state index contributed by atoms with van der Waals surface area (Å²) in [5.41, 5.74) is 1.39. The molecule has 1 aromatic carbocycles. The first kappa shape index (κ1) is 24.1. The molecule has 6 rings (SSSR count). The fourth-order valence-electron chi connectivity index (χ4n) is 5.03. The number of pyridine rings is 1. The molecule has 1 aliphatic carbocycles. The number of carbonyl (C=O) groups is 1. The van der Waals surface area contributed by atoms with Crippen LogP contribution < -0.4 is 16.0 Å². The molecule has 1 unspecified atom stereocenters. The number of amides is 1. The fourth-order valence-corrected chi connectivity index (χ4v) is 5.46. The van der Waals surface area contributed by atoms with Gasteiger partial charge in [0.05, 0.1) is 24.3 Å². The van der Waals surface area contributed by atoms with Gasteiger partial charge >= 0.3 is 0 Å². The number of hydrogen-bond acceptors (Lipinski definition) is 8. The summed E-state index contributed by atoms with van der Waals surface area (Å²) in [6.45, 7) is 2.70. The van der Waals surface area contributed by atoms with Gasteiger partial charge in [-0.25, -0.2) is 14.1 Å². The van der Waals surface area contributed by atoms with Crippen molar-refractivity contribution in [2.45, 2.75) is 31.3 Å². The Morgan fingerprint density at radius 2 is 2.22 bits per heavy atom. The molecule has 4 aromatic rings. The number of nitrogens with one attached hydrogen (secondary N) is 3. The van der Waals surface area contributed by atoms with Gasteiger partial charge in [-0.2, -0.15) is 10.1 Å². The number of rotatable bonds is 6. The third-order valence-electron chi connectivity index (χ3n) is 6.92. The number of hydrogen-bond donors (Lipinski definition) is 3. The van der Waals surface area contributed by atoms with Crippen molar-refractivity contribution in [2.24, 2.45) is 5.92 Å². The highest BCUT2D eigenvalue weighted by Gasteiger charge is 2.31. The molecule has 37 heavy (non-hydrogen) atoms. The molecule has 0 bridgehead atoms. The summed E-state index contributed by atoms with van der Waals surface area (Å²) in [7, 11) is 0. The standard InChI is InChI=1S/C25H26BrFN8O2/c26-22-19-12-31-25(32-16-4-3-15(8-16)24(36)30-11-17-13-37-7-6-28-17)33-23(19)35(34-22)18-9-14-2-1-5-29-21(14)20(27)10-18/h1-2,5,9-10,12,15-17,28H,3-4,6-8,11,13H2,(H,30,36)(H,31,32,33)/t15-,16-,17?/m1/s1. The van der Waals surface area contributed by atoms with Crippen LogP contribution in [-0.2, 0) is 9.53 Å². The number of nitrogens with zero attached hydrogens (tertiary/aromatic N) is 5. The largest absolute Gasteiger partial charge is 0.378 e. The van der Waals surface area contributed by atoms with E-state index in [4.69, 9.17) is 9.72 Å². The number of fused-ring (bicyclic) bond motifs is 2. The van der Waals surface area contributed by atoms with Crippen LogP contribution >= 0.6 is 15.9 Å². The molecule has 1 saturated heterocycles. The van der Waals surface area contributed by atoms with Crippen molar-refractivity contribution in [3.8, 4) is 5.69 Å². The summed E-state index contributed by atoms with van der Waals surface area (Å²) in [6, 6.07) is 7.04. The number of morpholine rings is 1. The summed E-state index contributed by atoms with van der Waals surface area (Å²) in [4.78, 5) is 26.0. The van der Waals surface area contributed by atoms with Crippen LogP contribution in [0.4, 0.5) is 10.3 Å². The van der Waals surface area contributed by atoms with Gasteiger partial charge in [0, 0.05) is 54.9 Å². The summed E-state index contributed by atoms with van der Waals surface area (Å²) in [5, 5.41) is 15.7. The molecule has 0 spiro atoms. The Kier molecular flexibility index (Phi) is 6.70. The molecule has 10 nitrogen and oxygen atoms in total. The zero-order chi connectivity index (χ0) is 25.4. The van der Waals surface area contributed by atoms with Crippen LogP contribution in [0.15, 0.2) is 41.3 Å². The van der Waals surface area contributed by atoms with Crippen molar-refractivity contribution in [2.75, 3.05) is 31.6 Å². The first-order valence-electron chi connectivity index (χ1n) is 12.4. The minimum absolute atomic E-state index is 0.0559. The molecule has 1 aliphatic heterocycles. The molecule has 3 N–H and O–H groups in total. The lowest BCUT2D eigenvalue weighted by Gasteiger charge is -2.24. The van der Waals surface area contributed by atoms with Gasteiger partial charge in [-0.3, -0.25) is 9.78 Å². The van der Waals surface area contributed by atoms with E-state index in [2.05, 4.69) is 46.9 Å². The number of anilines is 1. The number of halogens is 2. The van der Waals surface area contributed by atoms with E-state index in [-0.39, 0.29) is 23.9 Å². The fraction of sp³-hybridized carbons (Fsp3) is 0.400. The number of ether oxygens (including phenoxy) is 1. The Morgan fingerprint density at radius 1 is 1.30 bits per heavy atom. The van der Waals surface area contributed by atoms with Crippen molar-refractivity contribution in [3.05, 3.63) is 47.1 Å². The third kappa shape index (κ3) is 5.00. The van der Waals surface area contributed by atoms with E-state index in [1.165, 1.54) is 6.07 Å². The average molecular weight is 569 g/mol. The lowest BCUT2D eigenvalue weighted by atomic mass is 10.1. The second-order valence-electron chi connectivity index (χ2n) is 9.46. The molecule has 4 heterocycles. The smallest absolute Gasteiger partial charge is 0.224 e. The average Bonchev–Trinajstić information content (AvgIpc) is 3.52. The molecule has 12 heteroatoms. The van der Waals surface area contributed by atoms with Gasteiger partial charge in [-0.05, 0) is 47.3 Å². The lowest BCUT2D eigenvalue weighted by molar-refractivity contribution is -0.125. The maximum absolute atomic E-state index is 14.7. The highest BCUT2D eigenvalue weighted by Crippen LogP contribution is 2.30. The minimum Gasteiger partial charge on any atom is -0.378 e. The normalized spacial score (nSPS) is 21.9. The molecular weight excluding hydrogens is 543 g/mol. The summed E-state index contributed by atoms with van der Waals surface area (Å²) in [6.07, 6.45) is 5.60. The van der Waals surface area contributed by atoms with Crippen LogP contribution in [0, 0.1) is 11.7 Å². The van der Waals surface area contributed by atoms with E-state index >= 15 is 0 Å². The lowest BCUT2D eigenvalue weighted by Crippen LogP contribution is -2.49. The second kappa shape index (κ2) is 10.3. The summed E-state index contributed by atoms with van der Waals surface area (Å²) < 4.78 is 22.4. The van der Waals surface area contributed by atoms with Crippen LogP contribution in [0.5, 0.6) is 0 Å². The minimum atomic E-state index is -0.428. The number of benzene rings is 1. The van der Waals surface area contributed by atoms with Gasteiger partial charge in [-0.1, -0.05) is 6.07 Å². The van der Waals surface area contributed by atoms with Crippen molar-refractivity contribution in [3.63, 3.8) is 0 Å². The molecule has 3 aromatic heterocycles. The van der Waals surface area contributed by atoms with Gasteiger partial charge < -0.3 is 20.7 Å². The Hall–Kier alpha value is -3.22. The summed E-state index contributed by atoms with van der Waals surface area (Å²) in [5.74, 6) is 0.0310. The molecule has 2 fully saturated rings. The third-order valence-corrected chi connectivity index (χ3v) is 7.51. The Labute approximate surface area is 220 Å². The van der Waals surface area contributed by atoms with Crippen molar-refractivity contribution < 1.29 is 13.9 Å². The SMILES string of the molecule is O=C(NCC1COCCN1)[C@@H]1CC[C@@H](Nc2ncc3c(Br)nn(-c4cc(F)c5ncccc5c4)c3n2)C1. The van der Waals surface area contributed by atoms with E-state index in [0.717, 1.165) is 19.4 Å². The summed E-state index contributed by atoms with van der Waals surface area (Å²) >= 11 is 3.47. The van der Waals surface area contributed by atoms with Gasteiger partial charge in [0.1, 0.15) is 10.1 Å². The highest BCUT2D eigenvalue weighted by molar-refractivity contribution is 9.10. The van der Waals surface area contributed by atoms with Crippen LogP contribution in [0.3, 0.4) is 0 Å². The zero-order valence-corrected chi connectivity index (χ0v) is 21.5. The topological polar surface area (TPSA) is 119 Å². The van der Waals surface area contributed by atoms with E-state index < -0.39 is 5.82 Å². The first-order chi connectivity index (χ1) is 18.0. The first-order valence-corrected chi connectivity index (χ1v) is 13.2.